The minimum Gasteiger partial charge on any atom is -0.490 e. The summed E-state index contributed by atoms with van der Waals surface area (Å²) in [6.07, 6.45) is 3.11. The van der Waals surface area contributed by atoms with E-state index in [1.807, 2.05) is 0 Å². The molecule has 0 radical (unpaired) electrons. The van der Waals surface area contributed by atoms with E-state index in [0.29, 0.717) is 37.4 Å². The van der Waals surface area contributed by atoms with Gasteiger partial charge in [0, 0.05) is 30.3 Å². The molecule has 2 heterocycles. The van der Waals surface area contributed by atoms with Crippen molar-refractivity contribution in [1.82, 2.24) is 5.32 Å². The van der Waals surface area contributed by atoms with Gasteiger partial charge in [0.2, 0.25) is 0 Å². The van der Waals surface area contributed by atoms with Crippen molar-refractivity contribution in [3.8, 4) is 5.75 Å². The summed E-state index contributed by atoms with van der Waals surface area (Å²) in [6.45, 7) is 5.77. The van der Waals surface area contributed by atoms with Crippen LogP contribution in [0.25, 0.3) is 0 Å². The van der Waals surface area contributed by atoms with E-state index in [0.717, 1.165) is 43.4 Å². The fourth-order valence-electron chi connectivity index (χ4n) is 4.05. The smallest absolute Gasteiger partial charge is 0.328 e. The van der Waals surface area contributed by atoms with Crippen LogP contribution < -0.4 is 15.0 Å². The molecule has 2 aliphatic rings. The van der Waals surface area contributed by atoms with E-state index in [2.05, 4.69) is 23.2 Å². The van der Waals surface area contributed by atoms with Crippen LogP contribution in [0.5, 0.6) is 5.75 Å². The molecule has 4 rings (SSSR count). The number of carboxylic acid groups (broad SMARTS) is 2. The number of nitrogens with zero attached hydrogens (tertiary/aromatic N) is 1. The third kappa shape index (κ3) is 6.29. The fraction of sp³-hybridized carbons (Fsp3) is 0.333. The van der Waals surface area contributed by atoms with Crippen LogP contribution in [0.2, 0.25) is 0 Å². The number of nitrogens with one attached hydrogen (secondary N) is 1. The van der Waals surface area contributed by atoms with Gasteiger partial charge in [0.1, 0.15) is 24.0 Å². The van der Waals surface area contributed by atoms with Gasteiger partial charge in [-0.2, -0.15) is 0 Å². The Balaban J connectivity index is 0.000000331. The van der Waals surface area contributed by atoms with Gasteiger partial charge in [-0.3, -0.25) is 0 Å². The van der Waals surface area contributed by atoms with Crippen LogP contribution in [0.1, 0.15) is 22.3 Å². The molecule has 2 aromatic rings. The summed E-state index contributed by atoms with van der Waals surface area (Å²) < 4.78 is 33.2. The summed E-state index contributed by atoms with van der Waals surface area (Å²) in [4.78, 5) is 21.3. The largest absolute Gasteiger partial charge is 0.490 e. The SMILES string of the molecule is Cc1c2c(cc3c1N(Cc1ccc(F)cc1F)CCO3)CCNCC2.O=C(O)/C=C/C(=O)O. The first kappa shape index (κ1) is 24.2. The number of hydrogen-bond acceptors (Lipinski definition) is 5. The van der Waals surface area contributed by atoms with E-state index in [-0.39, 0.29) is 0 Å². The molecule has 3 N–H and O–H groups in total. The fourth-order valence-corrected chi connectivity index (χ4v) is 4.05. The zero-order chi connectivity index (χ0) is 24.0. The van der Waals surface area contributed by atoms with Crippen LogP contribution in [-0.2, 0) is 29.0 Å². The van der Waals surface area contributed by atoms with E-state index >= 15 is 0 Å². The van der Waals surface area contributed by atoms with Gasteiger partial charge in [0.25, 0.3) is 0 Å². The van der Waals surface area contributed by atoms with Crippen molar-refractivity contribution >= 4 is 17.6 Å². The molecule has 9 heteroatoms. The molecule has 0 spiro atoms. The third-order valence-electron chi connectivity index (χ3n) is 5.54. The number of aliphatic carboxylic acids is 2. The summed E-state index contributed by atoms with van der Waals surface area (Å²) in [7, 11) is 0. The van der Waals surface area contributed by atoms with Crippen molar-refractivity contribution in [2.75, 3.05) is 31.1 Å². The molecule has 7 nitrogen and oxygen atoms in total. The van der Waals surface area contributed by atoms with Crippen LogP contribution in [0.3, 0.4) is 0 Å². The van der Waals surface area contributed by atoms with Gasteiger partial charge in [-0.25, -0.2) is 18.4 Å². The Labute approximate surface area is 190 Å². The van der Waals surface area contributed by atoms with Gasteiger partial charge in [-0.15, -0.1) is 0 Å². The number of rotatable bonds is 4. The second-order valence-corrected chi connectivity index (χ2v) is 7.75. The number of carboxylic acids is 2. The molecule has 0 amide bonds. The van der Waals surface area contributed by atoms with Gasteiger partial charge in [0.05, 0.1) is 12.2 Å². The summed E-state index contributed by atoms with van der Waals surface area (Å²) in [5.74, 6) is -2.67. The third-order valence-corrected chi connectivity index (χ3v) is 5.54. The minimum atomic E-state index is -1.26. The van der Waals surface area contributed by atoms with Crippen molar-refractivity contribution in [2.45, 2.75) is 26.3 Å². The second-order valence-electron chi connectivity index (χ2n) is 7.75. The number of fused-ring (bicyclic) bond motifs is 2. The van der Waals surface area contributed by atoms with Gasteiger partial charge in [0.15, 0.2) is 0 Å². The lowest BCUT2D eigenvalue weighted by molar-refractivity contribution is -0.134. The molecular weight excluding hydrogens is 434 g/mol. The maximum absolute atomic E-state index is 14.1. The van der Waals surface area contributed by atoms with Gasteiger partial charge >= 0.3 is 11.9 Å². The van der Waals surface area contributed by atoms with E-state index in [1.165, 1.54) is 28.8 Å². The summed E-state index contributed by atoms with van der Waals surface area (Å²) >= 11 is 0. The zero-order valence-corrected chi connectivity index (χ0v) is 18.2. The number of ether oxygens (including phenoxy) is 1. The Morgan fingerprint density at radius 1 is 1.12 bits per heavy atom. The number of benzene rings is 2. The zero-order valence-electron chi connectivity index (χ0n) is 18.2. The van der Waals surface area contributed by atoms with Crippen molar-refractivity contribution in [2.24, 2.45) is 0 Å². The number of hydrogen-bond donors (Lipinski definition) is 3. The monoisotopic (exact) mass is 460 g/mol. The first-order valence-corrected chi connectivity index (χ1v) is 10.6. The van der Waals surface area contributed by atoms with Crippen LogP contribution in [0.15, 0.2) is 36.4 Å². The molecule has 0 aromatic heterocycles. The maximum Gasteiger partial charge on any atom is 0.328 e. The van der Waals surface area contributed by atoms with E-state index < -0.39 is 23.6 Å². The quantitative estimate of drug-likeness (QED) is 0.603. The Morgan fingerprint density at radius 3 is 2.48 bits per heavy atom. The topological polar surface area (TPSA) is 99.1 Å². The standard InChI is InChI=1S/C20H22F2N2O.C4H4O4/c1-13-17-5-7-23-6-4-14(17)10-19-20(13)24(8-9-25-19)12-15-2-3-16(21)11-18(15)22;5-3(6)1-2-4(7)8/h2-3,10-11,23H,4-9,12H2,1H3;1-2H,(H,5,6)(H,7,8)/b;2-1+. The van der Waals surface area contributed by atoms with Crippen LogP contribution in [0.4, 0.5) is 14.5 Å². The van der Waals surface area contributed by atoms with E-state index in [4.69, 9.17) is 14.9 Å². The van der Waals surface area contributed by atoms with Crippen molar-refractivity contribution < 1.29 is 33.3 Å². The van der Waals surface area contributed by atoms with Crippen molar-refractivity contribution in [1.29, 1.82) is 0 Å². The molecule has 2 aromatic carbocycles. The highest BCUT2D eigenvalue weighted by Gasteiger charge is 2.25. The highest BCUT2D eigenvalue weighted by molar-refractivity contribution is 5.89. The molecular formula is C24H26F2N2O5. The summed E-state index contributed by atoms with van der Waals surface area (Å²) in [5, 5.41) is 19.1. The Bertz CT molecular complexity index is 1060. The molecule has 0 saturated heterocycles. The highest BCUT2D eigenvalue weighted by Crippen LogP contribution is 2.40. The molecule has 2 aliphatic heterocycles. The molecule has 33 heavy (non-hydrogen) atoms. The lowest BCUT2D eigenvalue weighted by Gasteiger charge is -2.34. The highest BCUT2D eigenvalue weighted by atomic mass is 19.1. The van der Waals surface area contributed by atoms with Gasteiger partial charge < -0.3 is 25.2 Å². The Kier molecular flexibility index (Phi) is 8.00. The van der Waals surface area contributed by atoms with Crippen LogP contribution in [-0.4, -0.2) is 48.4 Å². The second kappa shape index (κ2) is 10.9. The Morgan fingerprint density at radius 2 is 1.82 bits per heavy atom. The molecule has 0 unspecified atom stereocenters. The van der Waals surface area contributed by atoms with Crippen molar-refractivity contribution in [3.05, 3.63) is 70.3 Å². The minimum absolute atomic E-state index is 0.417. The molecule has 176 valence electrons. The Hall–Kier alpha value is -3.46. The first-order chi connectivity index (χ1) is 15.8. The van der Waals surface area contributed by atoms with Gasteiger partial charge in [-0.1, -0.05) is 6.07 Å². The summed E-state index contributed by atoms with van der Waals surface area (Å²) in [6, 6.07) is 5.95. The molecule has 0 fully saturated rings. The van der Waals surface area contributed by atoms with E-state index in [1.54, 1.807) is 0 Å². The van der Waals surface area contributed by atoms with Crippen LogP contribution in [0, 0.1) is 18.6 Å². The summed E-state index contributed by atoms with van der Waals surface area (Å²) in [5.41, 5.74) is 5.49. The molecule has 0 atom stereocenters. The molecule has 0 aliphatic carbocycles. The van der Waals surface area contributed by atoms with Gasteiger partial charge in [-0.05, 0) is 61.7 Å². The van der Waals surface area contributed by atoms with E-state index in [9.17, 15) is 18.4 Å². The predicted molar refractivity (Wildman–Crippen MR) is 119 cm³/mol. The predicted octanol–water partition coefficient (Wildman–Crippen LogP) is 3.07. The molecule has 0 saturated carbocycles. The number of halogens is 2. The normalized spacial score (nSPS) is 14.9. The van der Waals surface area contributed by atoms with Crippen LogP contribution >= 0.6 is 0 Å². The first-order valence-electron chi connectivity index (χ1n) is 10.6. The average molecular weight is 460 g/mol. The molecule has 0 bridgehead atoms. The maximum atomic E-state index is 14.1. The lowest BCUT2D eigenvalue weighted by Crippen LogP contribution is -2.33. The van der Waals surface area contributed by atoms with Crippen molar-refractivity contribution in [3.63, 3.8) is 0 Å². The number of carbonyl (C=O) groups is 2. The number of anilines is 1. The average Bonchev–Trinajstić information content (AvgIpc) is 3.00. The lowest BCUT2D eigenvalue weighted by atomic mass is 9.94.